The van der Waals surface area contributed by atoms with Gasteiger partial charge in [0.05, 0.1) is 15.2 Å². The molecule has 1 aliphatic rings. The van der Waals surface area contributed by atoms with Crippen LogP contribution in [0, 0.1) is 0 Å². The van der Waals surface area contributed by atoms with Gasteiger partial charge in [-0.05, 0) is 52.4 Å². The molecule has 2 aromatic rings. The van der Waals surface area contributed by atoms with Gasteiger partial charge in [0, 0.05) is 11.5 Å². The second-order valence-electron chi connectivity index (χ2n) is 5.94. The second kappa shape index (κ2) is 4.32. The average molecular weight is 260 g/mol. The van der Waals surface area contributed by atoms with Gasteiger partial charge in [0.15, 0.2) is 0 Å². The SMILES string of the molecule is CN1CCC(c2nc3ccccc3s2)CC1(C)C. The summed E-state index contributed by atoms with van der Waals surface area (Å²) in [6, 6.07) is 8.47. The molecule has 1 aliphatic heterocycles. The van der Waals surface area contributed by atoms with Crippen LogP contribution < -0.4 is 0 Å². The Morgan fingerprint density at radius 3 is 2.83 bits per heavy atom. The molecule has 0 amide bonds. The highest BCUT2D eigenvalue weighted by Crippen LogP contribution is 2.39. The lowest BCUT2D eigenvalue weighted by molar-refractivity contribution is 0.0942. The summed E-state index contributed by atoms with van der Waals surface area (Å²) in [5.41, 5.74) is 1.45. The normalized spacial score (nSPS) is 24.5. The first kappa shape index (κ1) is 12.1. The number of rotatable bonds is 1. The lowest BCUT2D eigenvalue weighted by Crippen LogP contribution is -2.46. The van der Waals surface area contributed by atoms with E-state index >= 15 is 0 Å². The van der Waals surface area contributed by atoms with Crippen LogP contribution in [0.3, 0.4) is 0 Å². The van der Waals surface area contributed by atoms with Crippen LogP contribution in [0.1, 0.15) is 37.6 Å². The molecule has 0 aliphatic carbocycles. The predicted molar refractivity (Wildman–Crippen MR) is 78.3 cm³/mol. The van der Waals surface area contributed by atoms with Gasteiger partial charge in [0.25, 0.3) is 0 Å². The standard InChI is InChI=1S/C15H20N2S/c1-15(2)10-11(8-9-17(15)3)14-16-12-6-4-5-7-13(12)18-14/h4-7,11H,8-10H2,1-3H3. The van der Waals surface area contributed by atoms with Gasteiger partial charge in [0.2, 0.25) is 0 Å². The molecular weight excluding hydrogens is 240 g/mol. The molecule has 1 fully saturated rings. The van der Waals surface area contributed by atoms with E-state index in [1.54, 1.807) is 0 Å². The van der Waals surface area contributed by atoms with Gasteiger partial charge < -0.3 is 4.90 Å². The fourth-order valence-electron chi connectivity index (χ4n) is 2.79. The number of hydrogen-bond donors (Lipinski definition) is 0. The van der Waals surface area contributed by atoms with Crippen molar-refractivity contribution in [3.05, 3.63) is 29.3 Å². The molecule has 1 aromatic carbocycles. The van der Waals surface area contributed by atoms with Crippen LogP contribution in [0.5, 0.6) is 0 Å². The van der Waals surface area contributed by atoms with Crippen LogP contribution in [0.15, 0.2) is 24.3 Å². The van der Waals surface area contributed by atoms with Crippen LogP contribution in [0.4, 0.5) is 0 Å². The molecule has 3 heteroatoms. The van der Waals surface area contributed by atoms with Crippen LogP contribution >= 0.6 is 11.3 Å². The Bertz CT molecular complexity index is 525. The summed E-state index contributed by atoms with van der Waals surface area (Å²) in [4.78, 5) is 7.30. The Hall–Kier alpha value is -0.930. The van der Waals surface area contributed by atoms with E-state index in [9.17, 15) is 0 Å². The molecule has 96 valence electrons. The lowest BCUT2D eigenvalue weighted by atomic mass is 9.83. The highest BCUT2D eigenvalue weighted by atomic mass is 32.1. The van der Waals surface area contributed by atoms with Gasteiger partial charge in [-0.3, -0.25) is 0 Å². The second-order valence-corrected chi connectivity index (χ2v) is 7.01. The Balaban J connectivity index is 1.91. The van der Waals surface area contributed by atoms with Crippen molar-refractivity contribution in [3.8, 4) is 0 Å². The molecule has 3 rings (SSSR count). The maximum atomic E-state index is 4.83. The molecular formula is C15H20N2S. The third-order valence-electron chi connectivity index (χ3n) is 4.25. The van der Waals surface area contributed by atoms with E-state index in [4.69, 9.17) is 4.98 Å². The van der Waals surface area contributed by atoms with Crippen LogP contribution in [-0.4, -0.2) is 29.0 Å². The zero-order valence-corrected chi connectivity index (χ0v) is 12.1. The summed E-state index contributed by atoms with van der Waals surface area (Å²) < 4.78 is 1.32. The molecule has 1 aromatic heterocycles. The van der Waals surface area contributed by atoms with E-state index in [1.165, 1.54) is 29.1 Å². The van der Waals surface area contributed by atoms with Crippen molar-refractivity contribution in [2.75, 3.05) is 13.6 Å². The van der Waals surface area contributed by atoms with Gasteiger partial charge in [-0.2, -0.15) is 0 Å². The summed E-state index contributed by atoms with van der Waals surface area (Å²) in [5, 5.41) is 1.33. The van der Waals surface area contributed by atoms with Crippen molar-refractivity contribution < 1.29 is 0 Å². The number of likely N-dealkylation sites (tertiary alicyclic amines) is 1. The number of piperidine rings is 1. The van der Waals surface area contributed by atoms with Crippen molar-refractivity contribution in [2.45, 2.75) is 38.1 Å². The molecule has 0 radical (unpaired) electrons. The van der Waals surface area contributed by atoms with E-state index in [-0.39, 0.29) is 0 Å². The van der Waals surface area contributed by atoms with Crippen LogP contribution in [-0.2, 0) is 0 Å². The van der Waals surface area contributed by atoms with Gasteiger partial charge in [0.1, 0.15) is 0 Å². The third kappa shape index (κ3) is 2.06. The molecule has 1 unspecified atom stereocenters. The minimum Gasteiger partial charge on any atom is -0.301 e. The minimum atomic E-state index is 0.292. The number of nitrogens with zero attached hydrogens (tertiary/aromatic N) is 2. The molecule has 2 heterocycles. The maximum Gasteiger partial charge on any atom is 0.0970 e. The summed E-state index contributed by atoms with van der Waals surface area (Å²) in [7, 11) is 2.23. The van der Waals surface area contributed by atoms with Gasteiger partial charge in [-0.1, -0.05) is 12.1 Å². The monoisotopic (exact) mass is 260 g/mol. The van der Waals surface area contributed by atoms with Crippen molar-refractivity contribution in [1.29, 1.82) is 0 Å². The molecule has 1 atom stereocenters. The number of aromatic nitrogens is 1. The molecule has 0 spiro atoms. The van der Waals surface area contributed by atoms with Gasteiger partial charge in [-0.25, -0.2) is 4.98 Å². The maximum absolute atomic E-state index is 4.83. The summed E-state index contributed by atoms with van der Waals surface area (Å²) in [6.45, 7) is 5.85. The van der Waals surface area contributed by atoms with E-state index < -0.39 is 0 Å². The summed E-state index contributed by atoms with van der Waals surface area (Å²) in [6.07, 6.45) is 2.45. The van der Waals surface area contributed by atoms with E-state index in [0.717, 1.165) is 5.52 Å². The molecule has 0 bridgehead atoms. The minimum absolute atomic E-state index is 0.292. The molecule has 0 N–H and O–H groups in total. The fraction of sp³-hybridized carbons (Fsp3) is 0.533. The lowest BCUT2D eigenvalue weighted by Gasteiger charge is -2.43. The predicted octanol–water partition coefficient (Wildman–Crippen LogP) is 3.88. The van der Waals surface area contributed by atoms with Crippen molar-refractivity contribution in [1.82, 2.24) is 9.88 Å². The quantitative estimate of drug-likeness (QED) is 0.773. The molecule has 0 saturated carbocycles. The van der Waals surface area contributed by atoms with Gasteiger partial charge in [-0.15, -0.1) is 11.3 Å². The number of para-hydroxylation sites is 1. The largest absolute Gasteiger partial charge is 0.301 e. The highest BCUT2D eigenvalue weighted by Gasteiger charge is 2.34. The summed E-state index contributed by atoms with van der Waals surface area (Å²) in [5.74, 6) is 0.633. The zero-order valence-electron chi connectivity index (χ0n) is 11.3. The van der Waals surface area contributed by atoms with E-state index in [1.807, 2.05) is 11.3 Å². The number of thiazole rings is 1. The van der Waals surface area contributed by atoms with Crippen LogP contribution in [0.25, 0.3) is 10.2 Å². The highest BCUT2D eigenvalue weighted by molar-refractivity contribution is 7.18. The fourth-order valence-corrected chi connectivity index (χ4v) is 3.89. The number of hydrogen-bond acceptors (Lipinski definition) is 3. The first-order valence-corrected chi connectivity index (χ1v) is 7.45. The van der Waals surface area contributed by atoms with Crippen molar-refractivity contribution in [3.63, 3.8) is 0 Å². The summed E-state index contributed by atoms with van der Waals surface area (Å²) >= 11 is 1.88. The number of benzene rings is 1. The van der Waals surface area contributed by atoms with Crippen molar-refractivity contribution >= 4 is 21.6 Å². The molecule has 2 nitrogen and oxygen atoms in total. The van der Waals surface area contributed by atoms with Crippen molar-refractivity contribution in [2.24, 2.45) is 0 Å². The molecule has 18 heavy (non-hydrogen) atoms. The third-order valence-corrected chi connectivity index (χ3v) is 5.45. The Kier molecular flexibility index (Phi) is 2.91. The Labute approximate surface area is 113 Å². The smallest absolute Gasteiger partial charge is 0.0970 e. The first-order chi connectivity index (χ1) is 8.56. The van der Waals surface area contributed by atoms with Gasteiger partial charge >= 0.3 is 0 Å². The topological polar surface area (TPSA) is 16.1 Å². The Morgan fingerprint density at radius 2 is 2.11 bits per heavy atom. The average Bonchev–Trinajstić information content (AvgIpc) is 2.76. The first-order valence-electron chi connectivity index (χ1n) is 6.63. The van der Waals surface area contributed by atoms with E-state index in [0.29, 0.717) is 11.5 Å². The van der Waals surface area contributed by atoms with Crippen LogP contribution in [0.2, 0.25) is 0 Å². The van der Waals surface area contributed by atoms with E-state index in [2.05, 4.69) is 50.1 Å². The molecule has 1 saturated heterocycles. The zero-order chi connectivity index (χ0) is 12.8. The number of fused-ring (bicyclic) bond motifs is 1. The Morgan fingerprint density at radius 1 is 1.33 bits per heavy atom.